The number of benzene rings is 6. The van der Waals surface area contributed by atoms with E-state index in [0.29, 0.717) is 30.7 Å². The van der Waals surface area contributed by atoms with Crippen LogP contribution in [-0.4, -0.2) is 74.6 Å². The van der Waals surface area contributed by atoms with Gasteiger partial charge in [0.2, 0.25) is 0 Å². The molecule has 5 aliphatic heterocycles. The maximum Gasteiger partial charge on any atom is 0.162 e. The molecule has 5 atom stereocenters. The highest BCUT2D eigenvalue weighted by Gasteiger charge is 2.46. The van der Waals surface area contributed by atoms with Crippen LogP contribution in [0.4, 0.5) is 28.4 Å². The van der Waals surface area contributed by atoms with Crippen molar-refractivity contribution in [3.8, 4) is 0 Å². The second-order valence-electron chi connectivity index (χ2n) is 34.4. The van der Waals surface area contributed by atoms with E-state index < -0.39 is 0 Å². The quantitative estimate of drug-likeness (QED) is 0.128. The lowest BCUT2D eigenvalue weighted by Gasteiger charge is -2.39. The molecule has 6 saturated carbocycles. The number of nitrogens with zero attached hydrogens (tertiary/aromatic N) is 9. The smallest absolute Gasteiger partial charge is 0.162 e. The van der Waals surface area contributed by atoms with Crippen LogP contribution >= 0.6 is 0 Å². The zero-order valence-corrected chi connectivity index (χ0v) is 70.4. The van der Waals surface area contributed by atoms with E-state index in [1.807, 2.05) is 19.1 Å². The van der Waals surface area contributed by atoms with Gasteiger partial charge < -0.3 is 49.4 Å². The fourth-order valence-electron chi connectivity index (χ4n) is 22.1. The normalized spacial score (nSPS) is 24.2. The molecule has 0 saturated heterocycles. The van der Waals surface area contributed by atoms with Crippen molar-refractivity contribution in [2.24, 2.45) is 11.8 Å². The van der Waals surface area contributed by atoms with Crippen molar-refractivity contribution in [1.29, 1.82) is 0 Å². The number of nitrogens with one attached hydrogen (secondary N) is 1. The van der Waals surface area contributed by atoms with E-state index in [0.717, 1.165) is 41.4 Å². The molecule has 6 aromatic rings. The van der Waals surface area contributed by atoms with Crippen LogP contribution in [0.2, 0.25) is 1.41 Å². The Hall–Kier alpha value is -7.98. The van der Waals surface area contributed by atoms with Crippen molar-refractivity contribution < 1.29 is 1.41 Å². The highest BCUT2D eigenvalue weighted by molar-refractivity contribution is 5.77. The van der Waals surface area contributed by atoms with Crippen molar-refractivity contribution in [2.45, 2.75) is 333 Å². The van der Waals surface area contributed by atoms with Crippen LogP contribution in [0.25, 0.3) is 5.70 Å². The summed E-state index contributed by atoms with van der Waals surface area (Å²) in [6.45, 7) is 38.4. The molecule has 5 unspecified atom stereocenters. The lowest BCUT2D eigenvalue weighted by molar-refractivity contribution is 0.183. The first-order valence-electron chi connectivity index (χ1n) is 43.8. The molecule has 6 aliphatic carbocycles. The summed E-state index contributed by atoms with van der Waals surface area (Å²) in [6, 6.07) is 57.5. The van der Waals surface area contributed by atoms with Crippen molar-refractivity contribution in [3.05, 3.63) is 236 Å². The Morgan fingerprint density at radius 1 is 0.266 bits per heavy atom. The van der Waals surface area contributed by atoms with Crippen LogP contribution < -0.4 is 29.8 Å². The molecule has 0 radical (unpaired) electrons. The molecule has 1 N–H and O–H groups in total. The van der Waals surface area contributed by atoms with Gasteiger partial charge in [-0.1, -0.05) is 205 Å². The first kappa shape index (κ1) is 77.7. The third-order valence-electron chi connectivity index (χ3n) is 27.5. The van der Waals surface area contributed by atoms with Crippen LogP contribution in [0.3, 0.4) is 0 Å². The fourth-order valence-corrected chi connectivity index (χ4v) is 22.1. The predicted octanol–water partition coefficient (Wildman–Crippen LogP) is 25.5. The molecule has 10 nitrogen and oxygen atoms in total. The maximum atomic E-state index is 7.96. The summed E-state index contributed by atoms with van der Waals surface area (Å²) in [6.07, 6.45) is 36.5. The number of para-hydroxylation sites is 5. The molecule has 11 aliphatic rings. The third kappa shape index (κ3) is 16.4. The number of hydrogen-bond donors (Lipinski definition) is 1. The maximum absolute atomic E-state index is 7.96. The molecule has 6 aromatic carbocycles. The topological polar surface area (TPSA) is 41.2 Å². The number of hydrogen-bond acceptors (Lipinski definition) is 10. The van der Waals surface area contributed by atoms with E-state index in [-0.39, 0.29) is 6.17 Å². The Bertz CT molecular complexity index is 4240. The number of allylic oxidation sites excluding steroid dienone is 9. The van der Waals surface area contributed by atoms with E-state index in [1.54, 1.807) is 16.7 Å². The number of rotatable bonds is 12. The molecule has 584 valence electrons. The Labute approximate surface area is 662 Å². The standard InChI is InChI=1S/C23H34N2.C23H28N2.C22H32N2.C18H26N2.C13H18N2/c2*1-17-11-7-10-16-22(17)24-18(2)23(20-12-5-4-6-13-20)25(19(24)3)21-14-8-9-15-21;1-16-10-4-9-15-21(16)23-17(2)22(19-11-5-6-12-19)24(18(23)3)20-13-7-8-14-20;1-13-9-5-8-12-18(13)20-15(3)14(2)19(16(20)4)17-10-6-7-11-17;1-9-7-5-6-8-13(9)15-11(3)10(2)14-12(15)4/h7,10-11,16,19-21H,4-6,8-9,12-15H2,1-3H3;4-7,10-13,16,19,21H,8-9,14-15H2,1-3H3;4,9-10,15,18-20H,5-8,11-14H2,1-3H3;5,8-9,12,16-17H,6-7,10-11H2,1-4H3;5-8,12,14H,1-4H3/i/hD. The molecule has 0 bridgehead atoms. The van der Waals surface area contributed by atoms with Crippen LogP contribution in [0.5, 0.6) is 0 Å². The Morgan fingerprint density at radius 3 is 0.890 bits per heavy atom. The SMILES string of the molecule is CC1=C(C)N(C2CCCC2)C(C)N1c1ccccc1C.CC1=C(C2CCCC2)N(C2CCCC2)C(C)N1c1ccccc1C.CC1=C(C2CCCCC2)N(C2CCCC2)C(C)N1c1ccccc1C.CC1=C(c2ccccc2)N(C2CCCC2)C(C)N1c1ccccc1C.[2H]N1C(C)=C(C)N(c2ccccc2C)C1C. The van der Waals surface area contributed by atoms with Crippen LogP contribution in [0.1, 0.15) is 277 Å². The summed E-state index contributed by atoms with van der Waals surface area (Å²) in [7, 11) is 0. The first-order valence-corrected chi connectivity index (χ1v) is 43.4. The molecule has 109 heavy (non-hydrogen) atoms. The minimum Gasteiger partial charge on any atom is -0.367 e. The summed E-state index contributed by atoms with van der Waals surface area (Å²) in [5.41, 5.74) is 29.1. The molecule has 5 heterocycles. The van der Waals surface area contributed by atoms with Crippen molar-refractivity contribution in [2.75, 3.05) is 24.5 Å². The van der Waals surface area contributed by atoms with Crippen molar-refractivity contribution in [1.82, 2.24) is 24.9 Å². The van der Waals surface area contributed by atoms with Gasteiger partial charge in [0.1, 0.15) is 30.8 Å². The van der Waals surface area contributed by atoms with Gasteiger partial charge in [0, 0.05) is 116 Å². The molecular formula is C99H138N10. The predicted molar refractivity (Wildman–Crippen MR) is 465 cm³/mol. The Kier molecular flexibility index (Phi) is 25.4. The first-order chi connectivity index (χ1) is 53.2. The largest absolute Gasteiger partial charge is 0.367 e. The zero-order valence-electron chi connectivity index (χ0n) is 71.4. The molecule has 10 heteroatoms. The van der Waals surface area contributed by atoms with Gasteiger partial charge in [-0.3, -0.25) is 0 Å². The third-order valence-corrected chi connectivity index (χ3v) is 27.5. The summed E-state index contributed by atoms with van der Waals surface area (Å²) >= 11 is 0. The fraction of sp³-hybridized carbons (Fsp3) is 0.535. The van der Waals surface area contributed by atoms with Crippen LogP contribution in [0, 0.1) is 46.5 Å². The molecule has 17 rings (SSSR count). The highest BCUT2D eigenvalue weighted by atomic mass is 15.5. The van der Waals surface area contributed by atoms with E-state index in [1.165, 1.54) is 257 Å². The van der Waals surface area contributed by atoms with Gasteiger partial charge in [0.05, 0.1) is 5.70 Å². The lowest BCUT2D eigenvalue weighted by Crippen LogP contribution is -2.44. The summed E-state index contributed by atoms with van der Waals surface area (Å²) in [4.78, 5) is 23.6. The molecule has 0 spiro atoms. The number of aryl methyl sites for hydroxylation is 5. The monoisotopic (exact) mass is 1470 g/mol. The second kappa shape index (κ2) is 35.6. The van der Waals surface area contributed by atoms with Gasteiger partial charge >= 0.3 is 0 Å². The zero-order chi connectivity index (χ0) is 77.6. The van der Waals surface area contributed by atoms with Crippen molar-refractivity contribution in [3.63, 3.8) is 0 Å². The Balaban J connectivity index is 0.000000122. The minimum atomic E-state index is 0.0705. The van der Waals surface area contributed by atoms with Crippen molar-refractivity contribution >= 4 is 34.1 Å². The average molecular weight is 1470 g/mol. The van der Waals surface area contributed by atoms with Gasteiger partial charge in [-0.15, -0.1) is 0 Å². The second-order valence-corrected chi connectivity index (χ2v) is 34.4. The summed E-state index contributed by atoms with van der Waals surface area (Å²) in [5, 5.41) is 1.57. The van der Waals surface area contributed by atoms with E-state index in [4.69, 9.17) is 1.41 Å². The van der Waals surface area contributed by atoms with Gasteiger partial charge in [0.25, 0.3) is 0 Å². The van der Waals surface area contributed by atoms with Crippen LogP contribution in [0.15, 0.2) is 203 Å². The minimum absolute atomic E-state index is 0.0705. The Morgan fingerprint density at radius 2 is 0.541 bits per heavy atom. The summed E-state index contributed by atoms with van der Waals surface area (Å²) < 4.78 is 7.96. The van der Waals surface area contributed by atoms with E-state index in [9.17, 15) is 0 Å². The van der Waals surface area contributed by atoms with E-state index >= 15 is 0 Å². The molecular weight excluding hydrogens is 1330 g/mol. The summed E-state index contributed by atoms with van der Waals surface area (Å²) in [5.74, 6) is 1.58. The molecule has 0 amide bonds. The van der Waals surface area contributed by atoms with Gasteiger partial charge in [-0.2, -0.15) is 0 Å². The van der Waals surface area contributed by atoms with E-state index in [2.05, 4.69) is 294 Å². The van der Waals surface area contributed by atoms with Gasteiger partial charge in [-0.05, 0) is 258 Å². The van der Waals surface area contributed by atoms with Gasteiger partial charge in [0.15, 0.2) is 1.41 Å². The number of anilines is 5. The molecule has 0 aromatic heterocycles. The molecule has 6 fully saturated rings. The average Bonchev–Trinajstić information content (AvgIpc) is 1.61. The van der Waals surface area contributed by atoms with Crippen LogP contribution in [-0.2, 0) is 0 Å². The highest BCUT2D eigenvalue weighted by Crippen LogP contribution is 2.50. The van der Waals surface area contributed by atoms with Gasteiger partial charge in [-0.25, -0.2) is 0 Å². The lowest BCUT2D eigenvalue weighted by atomic mass is 9.85.